The lowest BCUT2D eigenvalue weighted by atomic mass is 10.2. The molecule has 0 aliphatic rings. The number of hydrogen-bond acceptors (Lipinski definition) is 4. The molecule has 0 bridgehead atoms. The van der Waals surface area contributed by atoms with Gasteiger partial charge < -0.3 is 14.8 Å². The predicted octanol–water partition coefficient (Wildman–Crippen LogP) is 3.71. The molecule has 132 valence electrons. The van der Waals surface area contributed by atoms with Crippen LogP contribution in [0.5, 0.6) is 17.4 Å². The smallest absolute Gasteiger partial charge is 0.258 e. The fourth-order valence-electron chi connectivity index (χ4n) is 2.16. The Kier molecular flexibility index (Phi) is 5.77. The standard InChI is InChI=1S/C20H17FN2O3/c21-16-9-7-15(8-10-16)13-23-19(24)14-25-17-4-3-5-18(12-17)26-20-6-1-2-11-22-20/h1-12H,13-14H2,(H,23,24). The van der Waals surface area contributed by atoms with Crippen LogP contribution in [0.3, 0.4) is 0 Å². The van der Waals surface area contributed by atoms with Gasteiger partial charge in [0.1, 0.15) is 17.3 Å². The summed E-state index contributed by atoms with van der Waals surface area (Å²) in [6.45, 7) is 0.180. The molecule has 5 nitrogen and oxygen atoms in total. The number of rotatable bonds is 7. The van der Waals surface area contributed by atoms with Crippen LogP contribution in [0.25, 0.3) is 0 Å². The van der Waals surface area contributed by atoms with Gasteiger partial charge in [-0.2, -0.15) is 0 Å². The third-order valence-electron chi connectivity index (χ3n) is 3.44. The van der Waals surface area contributed by atoms with Crippen molar-refractivity contribution < 1.29 is 18.7 Å². The Morgan fingerprint density at radius 2 is 1.81 bits per heavy atom. The van der Waals surface area contributed by atoms with Crippen molar-refractivity contribution in [1.82, 2.24) is 10.3 Å². The SMILES string of the molecule is O=C(COc1cccc(Oc2ccccn2)c1)NCc1ccc(F)cc1. The maximum atomic E-state index is 12.8. The van der Waals surface area contributed by atoms with Gasteiger partial charge in [-0.15, -0.1) is 0 Å². The highest BCUT2D eigenvalue weighted by atomic mass is 19.1. The average Bonchev–Trinajstić information content (AvgIpc) is 2.67. The predicted molar refractivity (Wildman–Crippen MR) is 94.5 cm³/mol. The number of pyridine rings is 1. The van der Waals surface area contributed by atoms with Crippen molar-refractivity contribution in [3.05, 3.63) is 84.3 Å². The summed E-state index contributed by atoms with van der Waals surface area (Å²) < 4.78 is 23.9. The molecule has 0 spiro atoms. The maximum Gasteiger partial charge on any atom is 0.258 e. The van der Waals surface area contributed by atoms with E-state index in [0.29, 0.717) is 23.9 Å². The van der Waals surface area contributed by atoms with Gasteiger partial charge in [0, 0.05) is 24.9 Å². The number of aromatic nitrogens is 1. The lowest BCUT2D eigenvalue weighted by Gasteiger charge is -2.09. The number of carbonyl (C=O) groups is 1. The summed E-state index contributed by atoms with van der Waals surface area (Å²) in [4.78, 5) is 16.0. The minimum absolute atomic E-state index is 0.131. The first kappa shape index (κ1) is 17.4. The number of halogens is 1. The molecular formula is C20H17FN2O3. The van der Waals surface area contributed by atoms with Crippen LogP contribution in [-0.4, -0.2) is 17.5 Å². The molecule has 1 amide bonds. The summed E-state index contributed by atoms with van der Waals surface area (Å²) >= 11 is 0. The molecule has 6 heteroatoms. The van der Waals surface area contributed by atoms with E-state index in [1.165, 1.54) is 12.1 Å². The van der Waals surface area contributed by atoms with Crippen LogP contribution in [0.2, 0.25) is 0 Å². The van der Waals surface area contributed by atoms with Crippen molar-refractivity contribution in [3.8, 4) is 17.4 Å². The zero-order chi connectivity index (χ0) is 18.2. The van der Waals surface area contributed by atoms with E-state index in [-0.39, 0.29) is 18.3 Å². The summed E-state index contributed by atoms with van der Waals surface area (Å²) in [5, 5.41) is 2.72. The molecule has 0 unspecified atom stereocenters. The Labute approximate surface area is 150 Å². The second-order valence-electron chi connectivity index (χ2n) is 5.44. The third kappa shape index (κ3) is 5.31. The number of carbonyl (C=O) groups excluding carboxylic acids is 1. The summed E-state index contributed by atoms with van der Waals surface area (Å²) in [7, 11) is 0. The molecule has 0 fully saturated rings. The van der Waals surface area contributed by atoms with Crippen molar-refractivity contribution >= 4 is 5.91 Å². The van der Waals surface area contributed by atoms with Crippen LogP contribution in [0.15, 0.2) is 72.9 Å². The Morgan fingerprint density at radius 1 is 1.00 bits per heavy atom. The summed E-state index contributed by atoms with van der Waals surface area (Å²) in [6, 6.07) is 18.3. The van der Waals surface area contributed by atoms with Gasteiger partial charge in [-0.3, -0.25) is 4.79 Å². The lowest BCUT2D eigenvalue weighted by Crippen LogP contribution is -2.28. The van der Waals surface area contributed by atoms with Gasteiger partial charge >= 0.3 is 0 Å². The van der Waals surface area contributed by atoms with Gasteiger partial charge in [0.15, 0.2) is 6.61 Å². The molecule has 0 aliphatic carbocycles. The number of hydrogen-bond donors (Lipinski definition) is 1. The van der Waals surface area contributed by atoms with Gasteiger partial charge in [-0.25, -0.2) is 9.37 Å². The molecule has 3 aromatic rings. The van der Waals surface area contributed by atoms with Crippen molar-refractivity contribution in [1.29, 1.82) is 0 Å². The van der Waals surface area contributed by atoms with Crippen molar-refractivity contribution in [2.75, 3.05) is 6.61 Å². The highest BCUT2D eigenvalue weighted by molar-refractivity contribution is 5.77. The molecule has 0 saturated heterocycles. The van der Waals surface area contributed by atoms with Crippen molar-refractivity contribution in [3.63, 3.8) is 0 Å². The van der Waals surface area contributed by atoms with Gasteiger partial charge in [-0.1, -0.05) is 24.3 Å². The molecular weight excluding hydrogens is 335 g/mol. The highest BCUT2D eigenvalue weighted by Crippen LogP contribution is 2.23. The van der Waals surface area contributed by atoms with Gasteiger partial charge in [0.25, 0.3) is 5.91 Å². The van der Waals surface area contributed by atoms with Gasteiger partial charge in [0.05, 0.1) is 0 Å². The zero-order valence-corrected chi connectivity index (χ0v) is 13.9. The third-order valence-corrected chi connectivity index (χ3v) is 3.44. The Morgan fingerprint density at radius 3 is 2.58 bits per heavy atom. The van der Waals surface area contributed by atoms with Crippen LogP contribution in [-0.2, 0) is 11.3 Å². The van der Waals surface area contributed by atoms with E-state index in [1.54, 1.807) is 54.7 Å². The largest absolute Gasteiger partial charge is 0.484 e. The van der Waals surface area contributed by atoms with E-state index >= 15 is 0 Å². The average molecular weight is 352 g/mol. The molecule has 1 aromatic heterocycles. The van der Waals surface area contributed by atoms with E-state index in [0.717, 1.165) is 5.56 Å². The molecule has 2 aromatic carbocycles. The summed E-state index contributed by atoms with van der Waals surface area (Å²) in [6.07, 6.45) is 1.64. The fraction of sp³-hybridized carbons (Fsp3) is 0.100. The second kappa shape index (κ2) is 8.62. The minimum Gasteiger partial charge on any atom is -0.484 e. The Bertz CT molecular complexity index is 854. The second-order valence-corrected chi connectivity index (χ2v) is 5.44. The number of ether oxygens (including phenoxy) is 2. The minimum atomic E-state index is -0.309. The zero-order valence-electron chi connectivity index (χ0n) is 13.9. The Balaban J connectivity index is 1.48. The molecule has 1 N–H and O–H groups in total. The van der Waals surface area contributed by atoms with E-state index in [4.69, 9.17) is 9.47 Å². The topological polar surface area (TPSA) is 60.5 Å². The number of nitrogens with one attached hydrogen (secondary N) is 1. The van der Waals surface area contributed by atoms with Crippen molar-refractivity contribution in [2.24, 2.45) is 0 Å². The lowest BCUT2D eigenvalue weighted by molar-refractivity contribution is -0.123. The van der Waals surface area contributed by atoms with E-state index in [1.807, 2.05) is 6.07 Å². The van der Waals surface area contributed by atoms with Gasteiger partial charge in [0.2, 0.25) is 5.88 Å². The fourth-order valence-corrected chi connectivity index (χ4v) is 2.16. The van der Waals surface area contributed by atoms with Crippen LogP contribution in [0.4, 0.5) is 4.39 Å². The number of benzene rings is 2. The van der Waals surface area contributed by atoms with Crippen molar-refractivity contribution in [2.45, 2.75) is 6.54 Å². The molecule has 1 heterocycles. The first-order valence-electron chi connectivity index (χ1n) is 8.02. The molecule has 0 atom stereocenters. The quantitative estimate of drug-likeness (QED) is 0.704. The molecule has 3 rings (SSSR count). The molecule has 0 saturated carbocycles. The van der Waals surface area contributed by atoms with Gasteiger partial charge in [-0.05, 0) is 35.9 Å². The summed E-state index contributed by atoms with van der Waals surface area (Å²) in [5.74, 6) is 0.964. The van der Waals surface area contributed by atoms with Crippen LogP contribution < -0.4 is 14.8 Å². The summed E-state index contributed by atoms with van der Waals surface area (Å²) in [5.41, 5.74) is 0.811. The van der Waals surface area contributed by atoms with E-state index in [2.05, 4.69) is 10.3 Å². The normalized spacial score (nSPS) is 10.2. The van der Waals surface area contributed by atoms with Crippen LogP contribution >= 0.6 is 0 Å². The number of amides is 1. The highest BCUT2D eigenvalue weighted by Gasteiger charge is 2.05. The van der Waals surface area contributed by atoms with Crippen LogP contribution in [0.1, 0.15) is 5.56 Å². The number of nitrogens with zero attached hydrogens (tertiary/aromatic N) is 1. The molecule has 0 radical (unpaired) electrons. The first-order valence-corrected chi connectivity index (χ1v) is 8.02. The maximum absolute atomic E-state index is 12.8. The monoisotopic (exact) mass is 352 g/mol. The van der Waals surface area contributed by atoms with E-state index < -0.39 is 0 Å². The molecule has 0 aliphatic heterocycles. The Hall–Kier alpha value is -3.41. The van der Waals surface area contributed by atoms with E-state index in [9.17, 15) is 9.18 Å². The first-order chi connectivity index (χ1) is 12.7. The van der Waals surface area contributed by atoms with Crippen LogP contribution in [0, 0.1) is 5.82 Å². The molecule has 26 heavy (non-hydrogen) atoms.